The van der Waals surface area contributed by atoms with Crippen LogP contribution < -0.4 is 0 Å². The number of rotatable bonds is 4. The molecule has 2 rings (SSSR count). The Bertz CT molecular complexity index is 501. The fourth-order valence-electron chi connectivity index (χ4n) is 2.58. The Morgan fingerprint density at radius 3 is 3.00 bits per heavy atom. The summed E-state index contributed by atoms with van der Waals surface area (Å²) in [5.41, 5.74) is -0.127. The van der Waals surface area contributed by atoms with Gasteiger partial charge in [-0.2, -0.15) is 5.10 Å². The van der Waals surface area contributed by atoms with Gasteiger partial charge >= 0.3 is 5.69 Å². The van der Waals surface area contributed by atoms with Crippen molar-refractivity contribution in [3.8, 4) is 0 Å². The van der Waals surface area contributed by atoms with Gasteiger partial charge in [0, 0.05) is 25.1 Å². The van der Waals surface area contributed by atoms with E-state index in [1.807, 2.05) is 6.92 Å². The van der Waals surface area contributed by atoms with E-state index >= 15 is 0 Å². The number of carbonyl (C=O) groups excluding carboxylic acids is 1. The molecule has 0 saturated carbocycles. The largest absolute Gasteiger partial charge is 0.396 e. The molecule has 1 amide bonds. The van der Waals surface area contributed by atoms with E-state index in [1.165, 1.54) is 10.9 Å². The van der Waals surface area contributed by atoms with E-state index in [0.29, 0.717) is 6.54 Å². The monoisotopic (exact) mass is 282 g/mol. The number of hydrogen-bond acceptors (Lipinski definition) is 5. The van der Waals surface area contributed by atoms with Gasteiger partial charge < -0.3 is 10.0 Å². The van der Waals surface area contributed by atoms with Crippen molar-refractivity contribution in [3.05, 3.63) is 22.5 Å². The molecule has 1 aliphatic heterocycles. The third kappa shape index (κ3) is 2.96. The number of nitrogens with zero attached hydrogens (tertiary/aromatic N) is 4. The van der Waals surface area contributed by atoms with Crippen LogP contribution in [0.5, 0.6) is 0 Å². The standard InChI is InChI=1S/C12H18N4O4/c1-9-10(8-17)3-2-4-15(9)12(18)7-14-6-11(5-13-14)16(19)20/h5-6,9-10,17H,2-4,7-8H2,1H3. The van der Waals surface area contributed by atoms with Gasteiger partial charge in [-0.05, 0) is 19.8 Å². The van der Waals surface area contributed by atoms with Gasteiger partial charge in [-0.3, -0.25) is 19.6 Å². The highest BCUT2D eigenvalue weighted by atomic mass is 16.6. The molecule has 1 N–H and O–H groups in total. The molecule has 20 heavy (non-hydrogen) atoms. The first kappa shape index (κ1) is 14.4. The van der Waals surface area contributed by atoms with E-state index in [1.54, 1.807) is 4.90 Å². The van der Waals surface area contributed by atoms with Crippen LogP contribution >= 0.6 is 0 Å². The first-order chi connectivity index (χ1) is 9.52. The fourth-order valence-corrected chi connectivity index (χ4v) is 2.58. The van der Waals surface area contributed by atoms with Crippen LogP contribution in [0, 0.1) is 16.0 Å². The smallest absolute Gasteiger partial charge is 0.307 e. The maximum atomic E-state index is 12.2. The second-order valence-corrected chi connectivity index (χ2v) is 5.07. The van der Waals surface area contributed by atoms with Crippen molar-refractivity contribution < 1.29 is 14.8 Å². The van der Waals surface area contributed by atoms with Crippen LogP contribution in [0.4, 0.5) is 5.69 Å². The third-order valence-corrected chi connectivity index (χ3v) is 3.83. The lowest BCUT2D eigenvalue weighted by Gasteiger charge is -2.38. The lowest BCUT2D eigenvalue weighted by molar-refractivity contribution is -0.385. The summed E-state index contributed by atoms with van der Waals surface area (Å²) in [5, 5.41) is 23.7. The molecule has 2 unspecified atom stereocenters. The van der Waals surface area contributed by atoms with E-state index in [2.05, 4.69) is 5.10 Å². The lowest BCUT2D eigenvalue weighted by Crippen LogP contribution is -2.48. The van der Waals surface area contributed by atoms with Crippen molar-refractivity contribution in [2.75, 3.05) is 13.2 Å². The van der Waals surface area contributed by atoms with Crippen molar-refractivity contribution >= 4 is 11.6 Å². The summed E-state index contributed by atoms with van der Waals surface area (Å²) in [6.07, 6.45) is 4.15. The molecule has 0 aromatic carbocycles. The van der Waals surface area contributed by atoms with Crippen LogP contribution in [0.2, 0.25) is 0 Å². The highest BCUT2D eigenvalue weighted by Gasteiger charge is 2.30. The van der Waals surface area contributed by atoms with Gasteiger partial charge in [0.15, 0.2) is 0 Å². The molecule has 8 heteroatoms. The SMILES string of the molecule is CC1C(CO)CCCN1C(=O)Cn1cc([N+](=O)[O-])cn1. The molecular formula is C12H18N4O4. The molecule has 1 aromatic rings. The topological polar surface area (TPSA) is 102 Å². The zero-order chi connectivity index (χ0) is 14.7. The molecule has 0 spiro atoms. The Kier molecular flexibility index (Phi) is 4.33. The van der Waals surface area contributed by atoms with E-state index < -0.39 is 4.92 Å². The summed E-state index contributed by atoms with van der Waals surface area (Å²) in [4.78, 5) is 24.0. The van der Waals surface area contributed by atoms with Crippen LogP contribution in [-0.2, 0) is 11.3 Å². The predicted molar refractivity (Wildman–Crippen MR) is 69.9 cm³/mol. The van der Waals surface area contributed by atoms with Crippen LogP contribution in [0.3, 0.4) is 0 Å². The lowest BCUT2D eigenvalue weighted by atomic mass is 9.91. The Labute approximate surface area is 116 Å². The summed E-state index contributed by atoms with van der Waals surface area (Å²) in [7, 11) is 0. The normalized spacial score (nSPS) is 22.8. The molecule has 0 radical (unpaired) electrons. The molecule has 0 bridgehead atoms. The van der Waals surface area contributed by atoms with Crippen LogP contribution in [0.15, 0.2) is 12.4 Å². The van der Waals surface area contributed by atoms with Gasteiger partial charge in [-0.25, -0.2) is 0 Å². The molecule has 1 aromatic heterocycles. The highest BCUT2D eigenvalue weighted by Crippen LogP contribution is 2.23. The van der Waals surface area contributed by atoms with Gasteiger partial charge in [0.1, 0.15) is 18.9 Å². The van der Waals surface area contributed by atoms with E-state index in [0.717, 1.165) is 19.0 Å². The van der Waals surface area contributed by atoms with Crippen molar-refractivity contribution in [1.29, 1.82) is 0 Å². The number of aliphatic hydroxyl groups is 1. The second-order valence-electron chi connectivity index (χ2n) is 5.07. The summed E-state index contributed by atoms with van der Waals surface area (Å²) in [6.45, 7) is 2.62. The number of aliphatic hydroxyl groups excluding tert-OH is 1. The number of aromatic nitrogens is 2. The second kappa shape index (κ2) is 6.00. The number of hydrogen-bond donors (Lipinski definition) is 1. The number of amides is 1. The first-order valence-corrected chi connectivity index (χ1v) is 6.60. The maximum absolute atomic E-state index is 12.2. The van der Waals surface area contributed by atoms with Crippen molar-refractivity contribution in [2.24, 2.45) is 5.92 Å². The quantitative estimate of drug-likeness (QED) is 0.636. The van der Waals surface area contributed by atoms with E-state index in [4.69, 9.17) is 0 Å². The van der Waals surface area contributed by atoms with E-state index in [-0.39, 0.29) is 36.7 Å². The number of nitro groups is 1. The van der Waals surface area contributed by atoms with Crippen molar-refractivity contribution in [3.63, 3.8) is 0 Å². The summed E-state index contributed by atoms with van der Waals surface area (Å²) in [5.74, 6) is -0.0340. The van der Waals surface area contributed by atoms with E-state index in [9.17, 15) is 20.0 Å². The molecule has 0 aliphatic carbocycles. The summed E-state index contributed by atoms with van der Waals surface area (Å²) < 4.78 is 1.27. The zero-order valence-corrected chi connectivity index (χ0v) is 11.3. The zero-order valence-electron chi connectivity index (χ0n) is 11.3. The molecule has 2 heterocycles. The molecule has 1 aliphatic rings. The minimum Gasteiger partial charge on any atom is -0.396 e. The number of carbonyl (C=O) groups is 1. The Morgan fingerprint density at radius 2 is 2.40 bits per heavy atom. The Hall–Kier alpha value is -1.96. The van der Waals surface area contributed by atoms with Crippen molar-refractivity contribution in [2.45, 2.75) is 32.4 Å². The molecule has 1 saturated heterocycles. The summed E-state index contributed by atoms with van der Waals surface area (Å²) in [6, 6.07) is -0.0215. The minimum absolute atomic E-state index is 0.0175. The Morgan fingerprint density at radius 1 is 1.65 bits per heavy atom. The van der Waals surface area contributed by atoms with Gasteiger partial charge in [-0.1, -0.05) is 0 Å². The number of likely N-dealkylation sites (tertiary alicyclic amines) is 1. The van der Waals surface area contributed by atoms with Gasteiger partial charge in [0.05, 0.1) is 4.92 Å². The number of piperidine rings is 1. The van der Waals surface area contributed by atoms with Crippen LogP contribution in [0.25, 0.3) is 0 Å². The minimum atomic E-state index is -0.542. The highest BCUT2D eigenvalue weighted by molar-refractivity contribution is 5.76. The average molecular weight is 282 g/mol. The first-order valence-electron chi connectivity index (χ1n) is 6.60. The summed E-state index contributed by atoms with van der Waals surface area (Å²) >= 11 is 0. The van der Waals surface area contributed by atoms with Crippen LogP contribution in [0.1, 0.15) is 19.8 Å². The Balaban J connectivity index is 2.01. The molecule has 8 nitrogen and oxygen atoms in total. The third-order valence-electron chi connectivity index (χ3n) is 3.83. The van der Waals surface area contributed by atoms with Gasteiger partial charge in [-0.15, -0.1) is 0 Å². The molecular weight excluding hydrogens is 264 g/mol. The van der Waals surface area contributed by atoms with Crippen LogP contribution in [-0.4, -0.2) is 49.8 Å². The predicted octanol–water partition coefficient (Wildman–Crippen LogP) is 0.411. The molecule has 2 atom stereocenters. The van der Waals surface area contributed by atoms with Gasteiger partial charge in [0.2, 0.25) is 5.91 Å². The van der Waals surface area contributed by atoms with Crippen molar-refractivity contribution in [1.82, 2.24) is 14.7 Å². The molecule has 110 valence electrons. The average Bonchev–Trinajstić information content (AvgIpc) is 2.87. The molecule has 1 fully saturated rings. The van der Waals surface area contributed by atoms with Gasteiger partial charge in [0.25, 0.3) is 0 Å². The fraction of sp³-hybridized carbons (Fsp3) is 0.667. The maximum Gasteiger partial charge on any atom is 0.307 e.